The van der Waals surface area contributed by atoms with E-state index in [2.05, 4.69) is 35.7 Å². The molecule has 1 fully saturated rings. The number of nitrogens with one attached hydrogen (secondary N) is 1. The number of aromatic nitrogens is 3. The zero-order chi connectivity index (χ0) is 41.7. The molecular formula is C42H68N4O7. The molecule has 3 rings (SSSR count). The summed E-state index contributed by atoms with van der Waals surface area (Å²) >= 11 is 0. The SMILES string of the molecule is CC(C)(C)C(=N)CO.CC(C)(C)C1CC(C(=O)CO)C1.CC(C)C(=O)c1ccccn1.CC(C)C(=O)c1cncnc1.CCC(=O)CC(=O)C(C)(C)C. The van der Waals surface area contributed by atoms with Gasteiger partial charge >= 0.3 is 0 Å². The van der Waals surface area contributed by atoms with Crippen molar-refractivity contribution >= 4 is 34.6 Å². The van der Waals surface area contributed by atoms with Crippen LogP contribution in [0.5, 0.6) is 0 Å². The minimum Gasteiger partial charge on any atom is -0.390 e. The molecular weight excluding hydrogens is 672 g/mol. The first-order chi connectivity index (χ1) is 24.2. The van der Waals surface area contributed by atoms with Crippen LogP contribution in [-0.2, 0) is 14.4 Å². The number of aliphatic hydroxyl groups excluding tert-OH is 2. The molecule has 1 saturated carbocycles. The maximum Gasteiger partial charge on any atom is 0.183 e. The summed E-state index contributed by atoms with van der Waals surface area (Å²) in [5.41, 5.74) is 1.33. The first kappa shape index (κ1) is 51.3. The lowest BCUT2D eigenvalue weighted by atomic mass is 9.62. The fourth-order valence-electron chi connectivity index (χ4n) is 4.09. The summed E-state index contributed by atoms with van der Waals surface area (Å²) in [4.78, 5) is 67.1. The molecule has 11 heteroatoms. The Morgan fingerprint density at radius 2 is 1.30 bits per heavy atom. The highest BCUT2D eigenvalue weighted by Gasteiger charge is 2.40. The topological polar surface area (TPSA) is 188 Å². The number of aliphatic hydroxyl groups is 2. The van der Waals surface area contributed by atoms with E-state index < -0.39 is 0 Å². The molecule has 2 aromatic heterocycles. The van der Waals surface area contributed by atoms with Gasteiger partial charge in [0, 0.05) is 59.3 Å². The van der Waals surface area contributed by atoms with E-state index in [-0.39, 0.29) is 77.1 Å². The van der Waals surface area contributed by atoms with Crippen molar-refractivity contribution in [1.82, 2.24) is 15.0 Å². The number of hydrogen-bond acceptors (Lipinski definition) is 11. The van der Waals surface area contributed by atoms with Crippen LogP contribution in [0.4, 0.5) is 0 Å². The summed E-state index contributed by atoms with van der Waals surface area (Å²) in [6, 6.07) is 5.36. The highest BCUT2D eigenvalue weighted by atomic mass is 16.3. The van der Waals surface area contributed by atoms with Crippen LogP contribution < -0.4 is 0 Å². The normalized spacial score (nSPS) is 15.0. The molecule has 0 atom stereocenters. The zero-order valence-electron chi connectivity index (χ0n) is 34.9. The summed E-state index contributed by atoms with van der Waals surface area (Å²) in [5, 5.41) is 24.2. The van der Waals surface area contributed by atoms with Gasteiger partial charge in [0.2, 0.25) is 0 Å². The molecule has 0 unspecified atom stereocenters. The Kier molecular flexibility index (Phi) is 23.7. The Bertz CT molecular complexity index is 1360. The van der Waals surface area contributed by atoms with Gasteiger partial charge < -0.3 is 15.6 Å². The van der Waals surface area contributed by atoms with Crippen LogP contribution in [0.15, 0.2) is 43.1 Å². The van der Waals surface area contributed by atoms with Crippen LogP contribution in [-0.4, -0.2) is 73.0 Å². The molecule has 0 spiro atoms. The van der Waals surface area contributed by atoms with Gasteiger partial charge in [0.15, 0.2) is 17.3 Å². The Morgan fingerprint density at radius 1 is 0.792 bits per heavy atom. The summed E-state index contributed by atoms with van der Waals surface area (Å²) in [6.45, 7) is 26.7. The average molecular weight is 741 g/mol. The number of hydrogen-bond donors (Lipinski definition) is 3. The second kappa shape index (κ2) is 24.5. The molecule has 2 aromatic rings. The summed E-state index contributed by atoms with van der Waals surface area (Å²) in [7, 11) is 0. The average Bonchev–Trinajstić information content (AvgIpc) is 3.06. The Hall–Kier alpha value is -3.83. The molecule has 298 valence electrons. The van der Waals surface area contributed by atoms with Gasteiger partial charge in [0.1, 0.15) is 30.2 Å². The molecule has 0 saturated heterocycles. The highest BCUT2D eigenvalue weighted by Crippen LogP contribution is 2.45. The third-order valence-corrected chi connectivity index (χ3v) is 8.44. The molecule has 0 radical (unpaired) electrons. The maximum absolute atomic E-state index is 11.3. The summed E-state index contributed by atoms with van der Waals surface area (Å²) in [6.07, 6.45) is 8.63. The Labute approximate surface area is 318 Å². The predicted octanol–water partition coefficient (Wildman–Crippen LogP) is 7.87. The van der Waals surface area contributed by atoms with Crippen molar-refractivity contribution in [2.24, 2.45) is 39.9 Å². The number of carbonyl (C=O) groups excluding carboxylic acids is 5. The molecule has 3 N–H and O–H groups in total. The number of ketones is 5. The van der Waals surface area contributed by atoms with Crippen LogP contribution in [0.25, 0.3) is 0 Å². The fourth-order valence-corrected chi connectivity index (χ4v) is 4.09. The Balaban J connectivity index is 0. The lowest BCUT2D eigenvalue weighted by Gasteiger charge is -2.42. The zero-order valence-corrected chi connectivity index (χ0v) is 34.9. The smallest absolute Gasteiger partial charge is 0.183 e. The number of carbonyl (C=O) groups is 5. The molecule has 0 aromatic carbocycles. The van der Waals surface area contributed by atoms with Gasteiger partial charge in [-0.1, -0.05) is 103 Å². The van der Waals surface area contributed by atoms with Gasteiger partial charge in [-0.15, -0.1) is 0 Å². The summed E-state index contributed by atoms with van der Waals surface area (Å²) < 4.78 is 0. The fraction of sp³-hybridized carbons (Fsp3) is 0.643. The first-order valence-corrected chi connectivity index (χ1v) is 18.4. The molecule has 11 nitrogen and oxygen atoms in total. The van der Waals surface area contributed by atoms with Gasteiger partial charge in [0.25, 0.3) is 0 Å². The van der Waals surface area contributed by atoms with Crippen LogP contribution in [0.2, 0.25) is 0 Å². The van der Waals surface area contributed by atoms with Gasteiger partial charge in [-0.2, -0.15) is 0 Å². The van der Waals surface area contributed by atoms with Gasteiger partial charge in [-0.25, -0.2) is 9.97 Å². The molecule has 0 aliphatic heterocycles. The second-order valence-corrected chi connectivity index (χ2v) is 16.9. The van der Waals surface area contributed by atoms with Crippen molar-refractivity contribution in [3.8, 4) is 0 Å². The molecule has 0 amide bonds. The number of rotatable bonds is 10. The highest BCUT2D eigenvalue weighted by molar-refractivity contribution is 6.01. The maximum atomic E-state index is 11.3. The van der Waals surface area contributed by atoms with E-state index in [9.17, 15) is 24.0 Å². The van der Waals surface area contributed by atoms with Crippen LogP contribution in [0, 0.1) is 45.3 Å². The molecule has 1 aliphatic carbocycles. The van der Waals surface area contributed by atoms with Crippen LogP contribution in [0.1, 0.15) is 143 Å². The van der Waals surface area contributed by atoms with E-state index in [1.165, 1.54) is 18.7 Å². The predicted molar refractivity (Wildman–Crippen MR) is 211 cm³/mol. The van der Waals surface area contributed by atoms with Crippen molar-refractivity contribution in [1.29, 1.82) is 5.41 Å². The van der Waals surface area contributed by atoms with E-state index in [4.69, 9.17) is 15.6 Å². The van der Waals surface area contributed by atoms with Crippen molar-refractivity contribution in [2.75, 3.05) is 13.2 Å². The lowest BCUT2D eigenvalue weighted by Crippen LogP contribution is -2.38. The van der Waals surface area contributed by atoms with E-state index >= 15 is 0 Å². The molecule has 1 aliphatic rings. The van der Waals surface area contributed by atoms with E-state index in [0.29, 0.717) is 34.7 Å². The lowest BCUT2D eigenvalue weighted by molar-refractivity contribution is -0.132. The standard InChI is InChI=1S/C10H18O2.C9H11NO.C9H16O2.C8H10N2O.C6H13NO/c1-10(2,3)8-4-7(5-8)9(12)6-11;1-7(2)9(11)8-5-3-4-6-10-8;1-5-7(10)6-8(11)9(2,3)4;1-6(2)8(11)7-3-9-5-10-4-7;1-6(2,3)5(7)4-8/h7-8,11H,4-6H2,1-3H3;3-7H,1-2H3;5-6H2,1-4H3;3-6H,1-2H3;7-8H,4H2,1-3H3. The van der Waals surface area contributed by atoms with Crippen LogP contribution in [0.3, 0.4) is 0 Å². The van der Waals surface area contributed by atoms with Gasteiger partial charge in [-0.05, 0) is 36.3 Å². The minimum absolute atomic E-state index is 0.0148. The first-order valence-electron chi connectivity index (χ1n) is 18.4. The third kappa shape index (κ3) is 22.1. The number of Topliss-reactive ketones (excluding diaryl/α,β-unsaturated/α-hetero) is 5. The monoisotopic (exact) mass is 741 g/mol. The van der Waals surface area contributed by atoms with E-state index in [1.807, 2.05) is 75.3 Å². The largest absolute Gasteiger partial charge is 0.390 e. The summed E-state index contributed by atoms with van der Waals surface area (Å²) in [5.74, 6) is 1.14. The number of pyridine rings is 1. The Morgan fingerprint density at radius 3 is 1.62 bits per heavy atom. The van der Waals surface area contributed by atoms with Crippen molar-refractivity contribution in [3.63, 3.8) is 0 Å². The third-order valence-electron chi connectivity index (χ3n) is 8.44. The van der Waals surface area contributed by atoms with E-state index in [1.54, 1.807) is 25.3 Å². The molecule has 2 heterocycles. The van der Waals surface area contributed by atoms with Gasteiger partial charge in [0.05, 0.1) is 18.6 Å². The van der Waals surface area contributed by atoms with Crippen molar-refractivity contribution in [2.45, 2.75) is 123 Å². The second-order valence-electron chi connectivity index (χ2n) is 16.9. The minimum atomic E-state index is -0.370. The van der Waals surface area contributed by atoms with Gasteiger partial charge in [-0.3, -0.25) is 29.0 Å². The van der Waals surface area contributed by atoms with Crippen LogP contribution >= 0.6 is 0 Å². The molecule has 0 bridgehead atoms. The van der Waals surface area contributed by atoms with E-state index in [0.717, 1.165) is 12.8 Å². The quantitative estimate of drug-likeness (QED) is 0.123. The van der Waals surface area contributed by atoms with Crippen molar-refractivity contribution < 1.29 is 34.2 Å². The van der Waals surface area contributed by atoms with Crippen molar-refractivity contribution in [3.05, 3.63) is 54.4 Å². The molecule has 53 heavy (non-hydrogen) atoms. The number of nitrogens with zero attached hydrogens (tertiary/aromatic N) is 3.